The van der Waals surface area contributed by atoms with Crippen LogP contribution < -0.4 is 10.6 Å². The van der Waals surface area contributed by atoms with Crippen molar-refractivity contribution in [3.05, 3.63) is 0 Å². The zero-order valence-corrected chi connectivity index (χ0v) is 14.2. The highest BCUT2D eigenvalue weighted by molar-refractivity contribution is 5.90. The number of nitrogens with zero attached hydrogens (tertiary/aromatic N) is 1. The molecule has 0 aliphatic carbocycles. The number of alkyl carbamates (subject to hydrolysis) is 1. The Morgan fingerprint density at radius 2 is 2.09 bits per heavy atom. The lowest BCUT2D eigenvalue weighted by atomic mass is 9.97. The molecule has 0 bridgehead atoms. The number of nitrogens with one attached hydrogen (secondary N) is 2. The summed E-state index contributed by atoms with van der Waals surface area (Å²) >= 11 is 0. The first kappa shape index (κ1) is 17.6. The summed E-state index contributed by atoms with van der Waals surface area (Å²) in [5.41, 5.74) is -0.515. The largest absolute Gasteiger partial charge is 0.444 e. The quantitative estimate of drug-likeness (QED) is 0.811. The normalized spacial score (nSPS) is 25.0. The maximum atomic E-state index is 12.4. The first-order valence-electron chi connectivity index (χ1n) is 8.29. The van der Waals surface area contributed by atoms with Crippen LogP contribution in [0.25, 0.3) is 0 Å². The van der Waals surface area contributed by atoms with Crippen molar-refractivity contribution in [2.45, 2.75) is 58.1 Å². The van der Waals surface area contributed by atoms with Gasteiger partial charge in [-0.15, -0.1) is 0 Å². The first-order valence-corrected chi connectivity index (χ1v) is 8.29. The minimum Gasteiger partial charge on any atom is -0.444 e. The Hall–Kier alpha value is -1.79. The molecular formula is C16H27N3O4. The third-order valence-corrected chi connectivity index (χ3v) is 4.06. The van der Waals surface area contributed by atoms with E-state index in [0.29, 0.717) is 32.5 Å². The number of rotatable bonds is 3. The molecule has 23 heavy (non-hydrogen) atoms. The van der Waals surface area contributed by atoms with E-state index < -0.39 is 11.7 Å². The predicted molar refractivity (Wildman–Crippen MR) is 84.7 cm³/mol. The van der Waals surface area contributed by atoms with E-state index in [1.807, 2.05) is 20.8 Å². The third kappa shape index (κ3) is 5.41. The highest BCUT2D eigenvalue weighted by Gasteiger charge is 2.33. The van der Waals surface area contributed by atoms with Crippen molar-refractivity contribution < 1.29 is 19.1 Å². The molecule has 7 nitrogen and oxygen atoms in total. The number of hydrogen-bond acceptors (Lipinski definition) is 4. The van der Waals surface area contributed by atoms with E-state index in [2.05, 4.69) is 10.6 Å². The number of ether oxygens (including phenoxy) is 1. The Kier molecular flexibility index (Phi) is 5.49. The lowest BCUT2D eigenvalue weighted by Gasteiger charge is -2.34. The van der Waals surface area contributed by atoms with Crippen molar-refractivity contribution in [1.29, 1.82) is 0 Å². The molecule has 2 saturated heterocycles. The number of carbonyl (C=O) groups excluding carboxylic acids is 3. The van der Waals surface area contributed by atoms with Crippen LogP contribution in [0, 0.1) is 5.92 Å². The van der Waals surface area contributed by atoms with Gasteiger partial charge in [0, 0.05) is 26.1 Å². The van der Waals surface area contributed by atoms with E-state index in [1.165, 1.54) is 0 Å². The molecule has 0 saturated carbocycles. The van der Waals surface area contributed by atoms with E-state index in [1.54, 1.807) is 4.90 Å². The van der Waals surface area contributed by atoms with Gasteiger partial charge in [0.25, 0.3) is 0 Å². The van der Waals surface area contributed by atoms with Crippen LogP contribution in [-0.4, -0.2) is 54.1 Å². The zero-order chi connectivity index (χ0) is 17.0. The topological polar surface area (TPSA) is 87.7 Å². The first-order chi connectivity index (χ1) is 10.7. The van der Waals surface area contributed by atoms with E-state index in [0.717, 1.165) is 12.8 Å². The highest BCUT2D eigenvalue weighted by atomic mass is 16.6. The van der Waals surface area contributed by atoms with Gasteiger partial charge >= 0.3 is 6.09 Å². The fourth-order valence-corrected chi connectivity index (χ4v) is 2.99. The fraction of sp³-hybridized carbons (Fsp3) is 0.812. The van der Waals surface area contributed by atoms with Gasteiger partial charge in [-0.3, -0.25) is 9.59 Å². The molecule has 2 N–H and O–H groups in total. The molecule has 2 aliphatic heterocycles. The van der Waals surface area contributed by atoms with Crippen LogP contribution in [0.4, 0.5) is 4.79 Å². The van der Waals surface area contributed by atoms with Crippen molar-refractivity contribution >= 4 is 17.9 Å². The van der Waals surface area contributed by atoms with Gasteiger partial charge in [0.2, 0.25) is 11.8 Å². The molecule has 2 unspecified atom stereocenters. The number of hydrogen-bond donors (Lipinski definition) is 2. The maximum Gasteiger partial charge on any atom is 0.407 e. The Morgan fingerprint density at radius 1 is 1.35 bits per heavy atom. The summed E-state index contributed by atoms with van der Waals surface area (Å²) in [6.45, 7) is 7.29. The van der Waals surface area contributed by atoms with E-state index >= 15 is 0 Å². The smallest absolute Gasteiger partial charge is 0.407 e. The summed E-state index contributed by atoms with van der Waals surface area (Å²) in [6.07, 6.45) is 2.45. The molecule has 2 rings (SSSR count). The summed E-state index contributed by atoms with van der Waals surface area (Å²) in [4.78, 5) is 37.2. The van der Waals surface area contributed by atoms with Crippen LogP contribution in [0.3, 0.4) is 0 Å². The Labute approximate surface area is 137 Å². The number of likely N-dealkylation sites (tertiary alicyclic amines) is 1. The second-order valence-corrected chi connectivity index (χ2v) is 7.33. The van der Waals surface area contributed by atoms with Crippen molar-refractivity contribution in [2.24, 2.45) is 5.92 Å². The molecule has 7 heteroatoms. The lowest BCUT2D eigenvalue weighted by Crippen LogP contribution is -2.50. The average molecular weight is 325 g/mol. The van der Waals surface area contributed by atoms with Crippen LogP contribution in [0.1, 0.15) is 46.5 Å². The van der Waals surface area contributed by atoms with Gasteiger partial charge in [-0.25, -0.2) is 4.79 Å². The Morgan fingerprint density at radius 3 is 2.70 bits per heavy atom. The van der Waals surface area contributed by atoms with E-state index in [-0.39, 0.29) is 23.8 Å². The molecule has 0 aromatic heterocycles. The predicted octanol–water partition coefficient (Wildman–Crippen LogP) is 1.03. The fourth-order valence-electron chi connectivity index (χ4n) is 2.99. The number of carbonyl (C=O) groups is 3. The Bertz CT molecular complexity index is 472. The summed E-state index contributed by atoms with van der Waals surface area (Å²) in [7, 11) is 0. The molecule has 2 heterocycles. The van der Waals surface area contributed by atoms with Gasteiger partial charge in [-0.05, 0) is 46.0 Å². The lowest BCUT2D eigenvalue weighted by molar-refractivity contribution is -0.136. The molecule has 2 aliphatic rings. The van der Waals surface area contributed by atoms with E-state index in [4.69, 9.17) is 4.74 Å². The van der Waals surface area contributed by atoms with Gasteiger partial charge in [0.1, 0.15) is 11.6 Å². The Balaban J connectivity index is 1.78. The molecule has 2 atom stereocenters. The standard InChI is InChI=1S/C16H27N3O4/c1-16(2,3)23-15(22)17-9-11-5-4-8-19(10-11)14(21)12-6-7-13(20)18-12/h11-12H,4-10H2,1-3H3,(H,17,22)(H,18,20). The SMILES string of the molecule is CC(C)(C)OC(=O)NCC1CCCN(C(=O)C2CCC(=O)N2)C1. The van der Waals surface area contributed by atoms with Crippen LogP contribution in [0.15, 0.2) is 0 Å². The summed E-state index contributed by atoms with van der Waals surface area (Å²) in [6, 6.07) is -0.375. The number of piperidine rings is 1. The molecule has 0 aromatic rings. The molecule has 3 amide bonds. The van der Waals surface area contributed by atoms with Crippen molar-refractivity contribution in [3.63, 3.8) is 0 Å². The van der Waals surface area contributed by atoms with Crippen LogP contribution in [-0.2, 0) is 14.3 Å². The second-order valence-electron chi connectivity index (χ2n) is 7.33. The van der Waals surface area contributed by atoms with E-state index in [9.17, 15) is 14.4 Å². The summed E-state index contributed by atoms with van der Waals surface area (Å²) in [5.74, 6) is 0.165. The molecule has 0 radical (unpaired) electrons. The molecule has 130 valence electrons. The average Bonchev–Trinajstić information content (AvgIpc) is 2.89. The monoisotopic (exact) mass is 325 g/mol. The highest BCUT2D eigenvalue weighted by Crippen LogP contribution is 2.19. The minimum atomic E-state index is -0.515. The molecule has 2 fully saturated rings. The van der Waals surface area contributed by atoms with Crippen LogP contribution in [0.2, 0.25) is 0 Å². The molecular weight excluding hydrogens is 298 g/mol. The summed E-state index contributed by atoms with van der Waals surface area (Å²) in [5, 5.41) is 5.50. The molecule has 0 aromatic carbocycles. The van der Waals surface area contributed by atoms with Gasteiger partial charge in [-0.1, -0.05) is 0 Å². The van der Waals surface area contributed by atoms with Crippen molar-refractivity contribution in [2.75, 3.05) is 19.6 Å². The van der Waals surface area contributed by atoms with Crippen molar-refractivity contribution in [3.8, 4) is 0 Å². The minimum absolute atomic E-state index is 0.00202. The van der Waals surface area contributed by atoms with Gasteiger partial charge in [-0.2, -0.15) is 0 Å². The second kappa shape index (κ2) is 7.19. The van der Waals surface area contributed by atoms with Gasteiger partial charge < -0.3 is 20.3 Å². The van der Waals surface area contributed by atoms with Crippen LogP contribution in [0.5, 0.6) is 0 Å². The van der Waals surface area contributed by atoms with Gasteiger partial charge in [0.05, 0.1) is 0 Å². The summed E-state index contributed by atoms with van der Waals surface area (Å²) < 4.78 is 5.22. The number of amides is 3. The maximum absolute atomic E-state index is 12.4. The molecule has 0 spiro atoms. The third-order valence-electron chi connectivity index (χ3n) is 4.06. The zero-order valence-electron chi connectivity index (χ0n) is 14.2. The van der Waals surface area contributed by atoms with Gasteiger partial charge in [0.15, 0.2) is 0 Å². The van der Waals surface area contributed by atoms with Crippen molar-refractivity contribution in [1.82, 2.24) is 15.5 Å². The van der Waals surface area contributed by atoms with Crippen LogP contribution >= 0.6 is 0 Å².